The molecule has 0 aromatic carbocycles. The van der Waals surface area contributed by atoms with Gasteiger partial charge < -0.3 is 10.1 Å². The predicted octanol–water partition coefficient (Wildman–Crippen LogP) is 3.15. The molecule has 2 heterocycles. The molecule has 1 N–H and O–H groups in total. The third-order valence-corrected chi connectivity index (χ3v) is 3.69. The minimum atomic E-state index is -0.232. The summed E-state index contributed by atoms with van der Waals surface area (Å²) in [6.45, 7) is 0.324. The van der Waals surface area contributed by atoms with Crippen molar-refractivity contribution in [2.75, 3.05) is 6.61 Å². The van der Waals surface area contributed by atoms with Crippen LogP contribution in [0.25, 0.3) is 0 Å². The number of hydrogen-bond donors (Lipinski definition) is 1. The molecule has 100 valence electrons. The topological polar surface area (TPSA) is 51.2 Å². The monoisotopic (exact) mass is 316 g/mol. The van der Waals surface area contributed by atoms with Gasteiger partial charge in [0.25, 0.3) is 5.91 Å². The zero-order valence-corrected chi connectivity index (χ0v) is 12.1. The summed E-state index contributed by atoms with van der Waals surface area (Å²) in [5.41, 5.74) is 0. The largest absolute Gasteiger partial charge is 0.481 e. The lowest BCUT2D eigenvalue weighted by atomic mass is 10.4. The fourth-order valence-electron chi connectivity index (χ4n) is 1.31. The zero-order chi connectivity index (χ0) is 13.7. The SMILES string of the molecule is O=C(COc1cccnc1Cl)NCc1ccc(Cl)s1. The van der Waals surface area contributed by atoms with Crippen LogP contribution in [0.15, 0.2) is 30.5 Å². The summed E-state index contributed by atoms with van der Waals surface area (Å²) in [7, 11) is 0. The van der Waals surface area contributed by atoms with Crippen molar-refractivity contribution >= 4 is 40.4 Å². The molecule has 0 atom stereocenters. The lowest BCUT2D eigenvalue weighted by Crippen LogP contribution is -2.28. The molecule has 19 heavy (non-hydrogen) atoms. The Bertz CT molecular complexity index is 574. The molecule has 0 saturated carbocycles. The average molecular weight is 317 g/mol. The van der Waals surface area contributed by atoms with Gasteiger partial charge in [0.2, 0.25) is 0 Å². The number of halogens is 2. The first-order chi connectivity index (χ1) is 9.15. The maximum atomic E-state index is 11.6. The standard InChI is InChI=1S/C12H10Cl2N2O2S/c13-10-4-3-8(19-10)6-16-11(17)7-18-9-2-1-5-15-12(9)14/h1-5H,6-7H2,(H,16,17). The van der Waals surface area contributed by atoms with Crippen LogP contribution in [-0.4, -0.2) is 17.5 Å². The zero-order valence-electron chi connectivity index (χ0n) is 9.73. The van der Waals surface area contributed by atoms with Crippen LogP contribution in [0.4, 0.5) is 0 Å². The van der Waals surface area contributed by atoms with Crippen LogP contribution in [0.1, 0.15) is 4.88 Å². The highest BCUT2D eigenvalue weighted by atomic mass is 35.5. The van der Waals surface area contributed by atoms with Crippen molar-refractivity contribution in [3.05, 3.63) is 44.8 Å². The van der Waals surface area contributed by atoms with Gasteiger partial charge in [0.1, 0.15) is 0 Å². The molecule has 0 aliphatic rings. The molecule has 0 aliphatic heterocycles. The highest BCUT2D eigenvalue weighted by Crippen LogP contribution is 2.21. The van der Waals surface area contributed by atoms with E-state index < -0.39 is 0 Å². The van der Waals surface area contributed by atoms with Crippen molar-refractivity contribution < 1.29 is 9.53 Å². The number of ether oxygens (including phenoxy) is 1. The molecule has 0 aliphatic carbocycles. The van der Waals surface area contributed by atoms with E-state index in [0.29, 0.717) is 16.6 Å². The van der Waals surface area contributed by atoms with E-state index in [2.05, 4.69) is 10.3 Å². The maximum Gasteiger partial charge on any atom is 0.258 e. The van der Waals surface area contributed by atoms with Gasteiger partial charge in [-0.15, -0.1) is 11.3 Å². The van der Waals surface area contributed by atoms with Gasteiger partial charge in [-0.1, -0.05) is 23.2 Å². The van der Waals surface area contributed by atoms with E-state index >= 15 is 0 Å². The van der Waals surface area contributed by atoms with Crippen molar-refractivity contribution in [2.45, 2.75) is 6.54 Å². The van der Waals surface area contributed by atoms with E-state index in [0.717, 1.165) is 4.88 Å². The number of rotatable bonds is 5. The number of nitrogens with one attached hydrogen (secondary N) is 1. The number of carbonyl (C=O) groups is 1. The van der Waals surface area contributed by atoms with E-state index in [1.807, 2.05) is 6.07 Å². The van der Waals surface area contributed by atoms with Crippen molar-refractivity contribution in [3.63, 3.8) is 0 Å². The molecular weight excluding hydrogens is 307 g/mol. The van der Waals surface area contributed by atoms with E-state index in [1.165, 1.54) is 11.3 Å². The van der Waals surface area contributed by atoms with Gasteiger partial charge in [-0.3, -0.25) is 4.79 Å². The first-order valence-corrected chi connectivity index (χ1v) is 6.96. The lowest BCUT2D eigenvalue weighted by molar-refractivity contribution is -0.123. The summed E-state index contributed by atoms with van der Waals surface area (Å²) in [6.07, 6.45) is 1.55. The quantitative estimate of drug-likeness (QED) is 0.862. The average Bonchev–Trinajstić information content (AvgIpc) is 2.81. The van der Waals surface area contributed by atoms with Crippen molar-refractivity contribution in [1.82, 2.24) is 10.3 Å². The van der Waals surface area contributed by atoms with Gasteiger partial charge in [-0.25, -0.2) is 4.98 Å². The molecule has 4 nitrogen and oxygen atoms in total. The molecule has 0 radical (unpaired) electrons. The second kappa shape index (κ2) is 6.75. The fourth-order valence-corrected chi connectivity index (χ4v) is 2.51. The van der Waals surface area contributed by atoms with Gasteiger partial charge in [-0.2, -0.15) is 0 Å². The number of amides is 1. The second-order valence-corrected chi connectivity index (χ2v) is 5.72. The predicted molar refractivity (Wildman–Crippen MR) is 75.9 cm³/mol. The van der Waals surface area contributed by atoms with Crippen LogP contribution >= 0.6 is 34.5 Å². The lowest BCUT2D eigenvalue weighted by Gasteiger charge is -2.07. The summed E-state index contributed by atoms with van der Waals surface area (Å²) in [6, 6.07) is 7.00. The minimum absolute atomic E-state index is 0.107. The molecule has 0 bridgehead atoms. The van der Waals surface area contributed by atoms with Gasteiger partial charge in [0, 0.05) is 11.1 Å². The van der Waals surface area contributed by atoms with E-state index in [4.69, 9.17) is 27.9 Å². The number of aromatic nitrogens is 1. The molecule has 2 rings (SSSR count). The maximum absolute atomic E-state index is 11.6. The molecule has 0 fully saturated rings. The minimum Gasteiger partial charge on any atom is -0.481 e. The van der Waals surface area contributed by atoms with Gasteiger partial charge in [-0.05, 0) is 24.3 Å². The molecular formula is C12H10Cl2N2O2S. The Hall–Kier alpha value is -1.30. The number of nitrogens with zero attached hydrogens (tertiary/aromatic N) is 1. The van der Waals surface area contributed by atoms with Crippen LogP contribution in [0, 0.1) is 0 Å². The summed E-state index contributed by atoms with van der Waals surface area (Å²) in [4.78, 5) is 16.4. The van der Waals surface area contributed by atoms with Gasteiger partial charge in [0.05, 0.1) is 10.9 Å². The normalized spacial score (nSPS) is 10.2. The van der Waals surface area contributed by atoms with Crippen LogP contribution in [0.3, 0.4) is 0 Å². The third kappa shape index (κ3) is 4.38. The summed E-state index contributed by atoms with van der Waals surface area (Å²) in [5, 5.41) is 2.96. The fraction of sp³-hybridized carbons (Fsp3) is 0.167. The molecule has 0 spiro atoms. The molecule has 1 amide bonds. The molecule has 0 unspecified atom stereocenters. The Morgan fingerprint density at radius 3 is 2.89 bits per heavy atom. The summed E-state index contributed by atoms with van der Waals surface area (Å²) >= 11 is 13.0. The van der Waals surface area contributed by atoms with Crippen molar-refractivity contribution in [3.8, 4) is 5.75 Å². The van der Waals surface area contributed by atoms with E-state index in [1.54, 1.807) is 24.4 Å². The van der Waals surface area contributed by atoms with Crippen molar-refractivity contribution in [1.29, 1.82) is 0 Å². The van der Waals surface area contributed by atoms with Gasteiger partial charge in [0.15, 0.2) is 17.5 Å². The Morgan fingerprint density at radius 2 is 2.21 bits per heavy atom. The summed E-state index contributed by atoms with van der Waals surface area (Å²) < 4.78 is 5.96. The number of thiophene rings is 1. The Balaban J connectivity index is 1.77. The molecule has 2 aromatic heterocycles. The first-order valence-electron chi connectivity index (χ1n) is 5.39. The van der Waals surface area contributed by atoms with Crippen LogP contribution < -0.4 is 10.1 Å². The Labute approximate surface area is 124 Å². The first kappa shape index (κ1) is 14.1. The summed E-state index contributed by atoms with van der Waals surface area (Å²) in [5.74, 6) is 0.155. The second-order valence-electron chi connectivity index (χ2n) is 3.56. The van der Waals surface area contributed by atoms with Gasteiger partial charge >= 0.3 is 0 Å². The highest BCUT2D eigenvalue weighted by molar-refractivity contribution is 7.16. The number of hydrogen-bond acceptors (Lipinski definition) is 4. The number of carbonyl (C=O) groups excluding carboxylic acids is 1. The Kier molecular flexibility index (Phi) is 5.01. The van der Waals surface area contributed by atoms with Crippen molar-refractivity contribution in [2.24, 2.45) is 0 Å². The van der Waals surface area contributed by atoms with Crippen LogP contribution in [-0.2, 0) is 11.3 Å². The smallest absolute Gasteiger partial charge is 0.258 e. The van der Waals surface area contributed by atoms with E-state index in [-0.39, 0.29) is 17.7 Å². The van der Waals surface area contributed by atoms with E-state index in [9.17, 15) is 4.79 Å². The Morgan fingerprint density at radius 1 is 1.37 bits per heavy atom. The third-order valence-electron chi connectivity index (χ3n) is 2.17. The van der Waals surface area contributed by atoms with Crippen LogP contribution in [0.2, 0.25) is 9.49 Å². The number of pyridine rings is 1. The van der Waals surface area contributed by atoms with Crippen LogP contribution in [0.5, 0.6) is 5.75 Å². The molecule has 2 aromatic rings. The molecule has 7 heteroatoms. The molecule has 0 saturated heterocycles. The highest BCUT2D eigenvalue weighted by Gasteiger charge is 2.06.